The molecule has 2 atom stereocenters. The van der Waals surface area contributed by atoms with Crippen LogP contribution in [0.4, 0.5) is 4.39 Å². The highest BCUT2D eigenvalue weighted by atomic mass is 35.5. The minimum atomic E-state index is -1.66. The SMILES string of the molecule is CC(=O)NC1CC1(F)Cl. The van der Waals surface area contributed by atoms with Crippen molar-refractivity contribution in [3.63, 3.8) is 0 Å². The van der Waals surface area contributed by atoms with Gasteiger partial charge in [0.25, 0.3) is 0 Å². The van der Waals surface area contributed by atoms with Crippen molar-refractivity contribution in [2.75, 3.05) is 0 Å². The Bertz CT molecular complexity index is 148. The van der Waals surface area contributed by atoms with Crippen LogP contribution >= 0.6 is 11.6 Å². The van der Waals surface area contributed by atoms with Crippen molar-refractivity contribution in [3.05, 3.63) is 0 Å². The first-order chi connectivity index (χ1) is 4.02. The van der Waals surface area contributed by atoms with Crippen LogP contribution in [0.2, 0.25) is 0 Å². The fourth-order valence-electron chi connectivity index (χ4n) is 0.615. The summed E-state index contributed by atoms with van der Waals surface area (Å²) < 4.78 is 12.4. The van der Waals surface area contributed by atoms with Crippen molar-refractivity contribution in [2.45, 2.75) is 24.5 Å². The van der Waals surface area contributed by atoms with Gasteiger partial charge >= 0.3 is 0 Å². The fraction of sp³-hybridized carbons (Fsp3) is 0.800. The molecule has 0 saturated heterocycles. The molecule has 1 fully saturated rings. The quantitative estimate of drug-likeness (QED) is 0.552. The molecule has 1 saturated carbocycles. The highest BCUT2D eigenvalue weighted by molar-refractivity contribution is 6.25. The molecule has 1 amide bonds. The summed E-state index contributed by atoms with van der Waals surface area (Å²) in [6.45, 7) is 1.34. The molecule has 2 unspecified atom stereocenters. The zero-order valence-electron chi connectivity index (χ0n) is 4.95. The van der Waals surface area contributed by atoms with E-state index in [9.17, 15) is 9.18 Å². The summed E-state index contributed by atoms with van der Waals surface area (Å²) in [5, 5.41) is 0.700. The molecule has 2 nitrogen and oxygen atoms in total. The van der Waals surface area contributed by atoms with E-state index in [1.165, 1.54) is 6.92 Å². The van der Waals surface area contributed by atoms with Crippen LogP contribution in [-0.4, -0.2) is 17.1 Å². The van der Waals surface area contributed by atoms with E-state index in [1.807, 2.05) is 0 Å². The molecule has 0 bridgehead atoms. The van der Waals surface area contributed by atoms with Gasteiger partial charge in [0.2, 0.25) is 11.0 Å². The van der Waals surface area contributed by atoms with Gasteiger partial charge in [-0.1, -0.05) is 11.6 Å². The van der Waals surface area contributed by atoms with E-state index in [-0.39, 0.29) is 12.3 Å². The Hall–Kier alpha value is -0.310. The van der Waals surface area contributed by atoms with Gasteiger partial charge in [-0.15, -0.1) is 0 Å². The minimum Gasteiger partial charge on any atom is -0.349 e. The lowest BCUT2D eigenvalue weighted by atomic mass is 10.6. The normalized spacial score (nSPS) is 40.1. The number of rotatable bonds is 1. The molecule has 1 aliphatic rings. The van der Waals surface area contributed by atoms with Gasteiger partial charge in [-0.25, -0.2) is 4.39 Å². The minimum absolute atomic E-state index is 0.230. The van der Waals surface area contributed by atoms with Gasteiger partial charge < -0.3 is 5.32 Å². The molecule has 0 spiro atoms. The summed E-state index contributed by atoms with van der Waals surface area (Å²) in [7, 11) is 0. The van der Waals surface area contributed by atoms with Gasteiger partial charge in [-0.2, -0.15) is 0 Å². The average molecular weight is 152 g/mol. The van der Waals surface area contributed by atoms with E-state index < -0.39 is 11.2 Å². The van der Waals surface area contributed by atoms with Gasteiger partial charge in [0.05, 0.1) is 6.04 Å². The molecule has 1 rings (SSSR count). The van der Waals surface area contributed by atoms with Crippen molar-refractivity contribution in [1.82, 2.24) is 5.32 Å². The molecule has 4 heteroatoms. The first-order valence-corrected chi connectivity index (χ1v) is 3.05. The second kappa shape index (κ2) is 1.84. The summed E-state index contributed by atoms with van der Waals surface area (Å²) in [4.78, 5) is 10.2. The Balaban J connectivity index is 2.28. The topological polar surface area (TPSA) is 29.1 Å². The molecule has 1 N–H and O–H groups in total. The number of nitrogens with one attached hydrogen (secondary N) is 1. The van der Waals surface area contributed by atoms with Crippen LogP contribution in [0.3, 0.4) is 0 Å². The molecule has 0 aromatic rings. The van der Waals surface area contributed by atoms with E-state index in [0.717, 1.165) is 0 Å². The lowest BCUT2D eigenvalue weighted by Crippen LogP contribution is -2.26. The zero-order valence-corrected chi connectivity index (χ0v) is 5.70. The van der Waals surface area contributed by atoms with Gasteiger partial charge in [-0.3, -0.25) is 4.79 Å². The van der Waals surface area contributed by atoms with E-state index in [1.54, 1.807) is 0 Å². The number of hydrogen-bond acceptors (Lipinski definition) is 1. The number of carbonyl (C=O) groups is 1. The van der Waals surface area contributed by atoms with E-state index in [0.29, 0.717) is 0 Å². The van der Waals surface area contributed by atoms with E-state index in [4.69, 9.17) is 11.6 Å². The van der Waals surface area contributed by atoms with Gasteiger partial charge in [0, 0.05) is 13.3 Å². The lowest BCUT2D eigenvalue weighted by molar-refractivity contribution is -0.119. The maximum absolute atomic E-state index is 12.4. The second-order valence-electron chi connectivity index (χ2n) is 2.22. The van der Waals surface area contributed by atoms with Gasteiger partial charge in [0.1, 0.15) is 0 Å². The number of alkyl halides is 2. The van der Waals surface area contributed by atoms with Crippen LogP contribution in [0.25, 0.3) is 0 Å². The molecule has 0 aromatic heterocycles. The van der Waals surface area contributed by atoms with Crippen molar-refractivity contribution < 1.29 is 9.18 Å². The van der Waals surface area contributed by atoms with Crippen LogP contribution in [0.5, 0.6) is 0 Å². The molecule has 9 heavy (non-hydrogen) atoms. The molecule has 0 aliphatic heterocycles. The summed E-state index contributed by atoms with van der Waals surface area (Å²) >= 11 is 5.17. The van der Waals surface area contributed by atoms with Crippen LogP contribution in [0.15, 0.2) is 0 Å². The first-order valence-electron chi connectivity index (χ1n) is 2.67. The standard InChI is InChI=1S/C5H7ClFNO/c1-3(9)8-4-2-5(4,6)7/h4H,2H2,1H3,(H,8,9). The van der Waals surface area contributed by atoms with Crippen molar-refractivity contribution in [1.29, 1.82) is 0 Å². The highest BCUT2D eigenvalue weighted by Crippen LogP contribution is 2.44. The molecular weight excluding hydrogens is 145 g/mol. The molecule has 0 heterocycles. The highest BCUT2D eigenvalue weighted by Gasteiger charge is 2.54. The molecule has 0 radical (unpaired) electrons. The Morgan fingerprint density at radius 1 is 2.00 bits per heavy atom. The van der Waals surface area contributed by atoms with E-state index in [2.05, 4.69) is 5.32 Å². The average Bonchev–Trinajstić information content (AvgIpc) is 2.10. The molecule has 1 aliphatic carbocycles. The Kier molecular flexibility index (Phi) is 1.39. The Morgan fingerprint density at radius 2 is 2.44 bits per heavy atom. The number of carbonyl (C=O) groups excluding carboxylic acids is 1. The number of halogens is 2. The van der Waals surface area contributed by atoms with Crippen molar-refractivity contribution >= 4 is 17.5 Å². The maximum atomic E-state index is 12.4. The van der Waals surface area contributed by atoms with Crippen LogP contribution in [-0.2, 0) is 4.79 Å². The Morgan fingerprint density at radius 3 is 2.56 bits per heavy atom. The van der Waals surface area contributed by atoms with E-state index >= 15 is 0 Å². The maximum Gasteiger partial charge on any atom is 0.217 e. The predicted molar refractivity (Wildman–Crippen MR) is 31.9 cm³/mol. The summed E-state index contributed by atoms with van der Waals surface area (Å²) in [5.74, 6) is -0.236. The molecule has 52 valence electrons. The predicted octanol–water partition coefficient (Wildman–Crippen LogP) is 0.799. The third-order valence-electron chi connectivity index (χ3n) is 1.20. The fourth-order valence-corrected chi connectivity index (χ4v) is 0.824. The second-order valence-corrected chi connectivity index (χ2v) is 2.85. The third-order valence-corrected chi connectivity index (χ3v) is 1.62. The Labute approximate surface area is 57.4 Å². The van der Waals surface area contributed by atoms with Gasteiger partial charge in [0.15, 0.2) is 0 Å². The van der Waals surface area contributed by atoms with Crippen LogP contribution in [0.1, 0.15) is 13.3 Å². The van der Waals surface area contributed by atoms with Crippen molar-refractivity contribution in [2.24, 2.45) is 0 Å². The monoisotopic (exact) mass is 151 g/mol. The third kappa shape index (κ3) is 1.55. The number of amides is 1. The van der Waals surface area contributed by atoms with Gasteiger partial charge in [-0.05, 0) is 0 Å². The smallest absolute Gasteiger partial charge is 0.217 e. The summed E-state index contributed by atoms with van der Waals surface area (Å²) in [5.41, 5.74) is 0. The first kappa shape index (κ1) is 6.81. The van der Waals surface area contributed by atoms with Crippen molar-refractivity contribution in [3.8, 4) is 0 Å². The largest absolute Gasteiger partial charge is 0.349 e. The zero-order chi connectivity index (χ0) is 7.07. The summed E-state index contributed by atoms with van der Waals surface area (Å²) in [6, 6.07) is -0.461. The summed E-state index contributed by atoms with van der Waals surface area (Å²) in [6.07, 6.45) is 0.230. The van der Waals surface area contributed by atoms with Crippen LogP contribution in [0, 0.1) is 0 Å². The molecule has 0 aromatic carbocycles. The lowest BCUT2D eigenvalue weighted by Gasteiger charge is -1.97. The number of hydrogen-bond donors (Lipinski definition) is 1. The van der Waals surface area contributed by atoms with Crippen LogP contribution < -0.4 is 5.32 Å². The molecular formula is C5H7ClFNO.